The smallest absolute Gasteiger partial charge is 0.252 e. The van der Waals surface area contributed by atoms with E-state index >= 15 is 0 Å². The zero-order chi connectivity index (χ0) is 15.2. The Bertz CT molecular complexity index is 748. The highest BCUT2D eigenvalue weighted by molar-refractivity contribution is 7.08. The normalized spacial score (nSPS) is 9.74. The number of carbonyl (C=O) groups excluding carboxylic acids is 1. The van der Waals surface area contributed by atoms with Gasteiger partial charge in [-0.1, -0.05) is 18.2 Å². The Morgan fingerprint density at radius 2 is 2.09 bits per heavy atom. The number of hydrogen-bond donors (Lipinski definition) is 1. The molecule has 0 radical (unpaired) electrons. The first-order chi connectivity index (χ1) is 10.8. The van der Waals surface area contributed by atoms with E-state index in [9.17, 15) is 4.79 Å². The van der Waals surface area contributed by atoms with Crippen molar-refractivity contribution < 1.29 is 9.53 Å². The number of benzene rings is 1. The average molecular weight is 347 g/mol. The molecule has 0 unspecified atom stereocenters. The summed E-state index contributed by atoms with van der Waals surface area (Å²) in [5.41, 5.74) is 1.66. The van der Waals surface area contributed by atoms with Gasteiger partial charge in [0.15, 0.2) is 0 Å². The number of carbonyl (C=O) groups is 1. The zero-order valence-electron chi connectivity index (χ0n) is 12.1. The number of hydrogen-bond acceptors (Lipinski definition) is 4. The summed E-state index contributed by atoms with van der Waals surface area (Å²) in [4.78, 5) is 16.0. The third-order valence-electron chi connectivity index (χ3n) is 3.00. The van der Waals surface area contributed by atoms with Crippen molar-refractivity contribution in [2.75, 3.05) is 0 Å². The van der Waals surface area contributed by atoms with Gasteiger partial charge in [-0.25, -0.2) is 4.98 Å². The van der Waals surface area contributed by atoms with Gasteiger partial charge in [-0.05, 0) is 35.2 Å². The number of nitrogens with zero attached hydrogens (tertiary/aromatic N) is 1. The summed E-state index contributed by atoms with van der Waals surface area (Å²) in [5, 5.41) is 6.60. The van der Waals surface area contributed by atoms with Crippen LogP contribution in [0.4, 0.5) is 0 Å². The summed E-state index contributed by atoms with van der Waals surface area (Å²) in [6, 6.07) is 14.9. The lowest BCUT2D eigenvalue weighted by atomic mass is 10.2. The van der Waals surface area contributed by atoms with Gasteiger partial charge in [-0.15, -0.1) is 12.4 Å². The van der Waals surface area contributed by atoms with Crippen molar-refractivity contribution in [1.82, 2.24) is 10.3 Å². The average Bonchev–Trinajstić information content (AvgIpc) is 3.08. The van der Waals surface area contributed by atoms with E-state index in [4.69, 9.17) is 4.74 Å². The molecule has 0 aliphatic heterocycles. The number of ether oxygens (including phenoxy) is 1. The Morgan fingerprint density at radius 1 is 1.17 bits per heavy atom. The number of thiophene rings is 1. The van der Waals surface area contributed by atoms with Crippen molar-refractivity contribution in [2.45, 2.75) is 6.54 Å². The van der Waals surface area contributed by atoms with Gasteiger partial charge in [0.05, 0.1) is 0 Å². The molecule has 0 fully saturated rings. The van der Waals surface area contributed by atoms with Gasteiger partial charge in [0.25, 0.3) is 5.91 Å². The third-order valence-corrected chi connectivity index (χ3v) is 3.68. The van der Waals surface area contributed by atoms with Gasteiger partial charge in [-0.3, -0.25) is 4.79 Å². The maximum Gasteiger partial charge on any atom is 0.252 e. The first-order valence-electron chi connectivity index (χ1n) is 6.79. The molecule has 0 aliphatic carbocycles. The molecular weight excluding hydrogens is 332 g/mol. The summed E-state index contributed by atoms with van der Waals surface area (Å²) >= 11 is 1.51. The first-order valence-corrected chi connectivity index (χ1v) is 7.74. The number of pyridine rings is 1. The van der Waals surface area contributed by atoms with Crippen LogP contribution in [0.1, 0.15) is 15.9 Å². The molecule has 2 aromatic heterocycles. The van der Waals surface area contributed by atoms with E-state index in [-0.39, 0.29) is 18.3 Å². The van der Waals surface area contributed by atoms with Crippen molar-refractivity contribution in [3.8, 4) is 11.6 Å². The monoisotopic (exact) mass is 346 g/mol. The molecule has 1 aromatic carbocycles. The van der Waals surface area contributed by atoms with Crippen molar-refractivity contribution >= 4 is 29.7 Å². The van der Waals surface area contributed by atoms with E-state index in [0.29, 0.717) is 23.7 Å². The molecule has 0 bridgehead atoms. The summed E-state index contributed by atoms with van der Waals surface area (Å²) < 4.78 is 5.68. The third kappa shape index (κ3) is 4.81. The molecule has 0 spiro atoms. The quantitative estimate of drug-likeness (QED) is 0.749. The van der Waals surface area contributed by atoms with E-state index in [1.54, 1.807) is 18.3 Å². The van der Waals surface area contributed by atoms with Gasteiger partial charge in [0, 0.05) is 29.8 Å². The molecule has 1 N–H and O–H groups in total. The topological polar surface area (TPSA) is 51.2 Å². The minimum atomic E-state index is -0.0719. The molecule has 0 saturated carbocycles. The fourth-order valence-corrected chi connectivity index (χ4v) is 2.56. The fraction of sp³-hybridized carbons (Fsp3) is 0.0588. The van der Waals surface area contributed by atoms with Crippen LogP contribution in [-0.2, 0) is 6.54 Å². The van der Waals surface area contributed by atoms with Crippen LogP contribution in [0.15, 0.2) is 65.5 Å². The maximum atomic E-state index is 11.9. The molecule has 6 heteroatoms. The standard InChI is InChI=1S/C17H14N2O2S.ClH/c20-17(14-7-9-22-12-14)19-11-13-4-3-5-15(10-13)21-16-6-1-2-8-18-16;/h1-10,12H,11H2,(H,19,20);1H. The minimum absolute atomic E-state index is 0. The largest absolute Gasteiger partial charge is 0.439 e. The number of nitrogens with one attached hydrogen (secondary N) is 1. The lowest BCUT2D eigenvalue weighted by Gasteiger charge is -2.08. The Labute approximate surface area is 144 Å². The van der Waals surface area contributed by atoms with Gasteiger partial charge in [0.2, 0.25) is 5.88 Å². The molecule has 0 saturated heterocycles. The summed E-state index contributed by atoms with van der Waals surface area (Å²) in [6.07, 6.45) is 1.68. The Morgan fingerprint density at radius 3 is 2.83 bits per heavy atom. The predicted molar refractivity (Wildman–Crippen MR) is 93.5 cm³/mol. The van der Waals surface area contributed by atoms with Crippen LogP contribution < -0.4 is 10.1 Å². The Balaban J connectivity index is 0.00000192. The van der Waals surface area contributed by atoms with Crippen molar-refractivity contribution in [3.05, 3.63) is 76.6 Å². The van der Waals surface area contributed by atoms with E-state index in [2.05, 4.69) is 10.3 Å². The van der Waals surface area contributed by atoms with Crippen LogP contribution in [-0.4, -0.2) is 10.9 Å². The van der Waals surface area contributed by atoms with Crippen LogP contribution >= 0.6 is 23.7 Å². The summed E-state index contributed by atoms with van der Waals surface area (Å²) in [5.74, 6) is 1.17. The number of aromatic nitrogens is 1. The van der Waals surface area contributed by atoms with Gasteiger partial charge in [-0.2, -0.15) is 11.3 Å². The van der Waals surface area contributed by atoms with Gasteiger partial charge in [0.1, 0.15) is 5.75 Å². The molecule has 3 rings (SSSR count). The molecule has 3 aromatic rings. The lowest BCUT2D eigenvalue weighted by Crippen LogP contribution is -2.22. The fourth-order valence-electron chi connectivity index (χ4n) is 1.93. The van der Waals surface area contributed by atoms with E-state index in [1.165, 1.54) is 11.3 Å². The van der Waals surface area contributed by atoms with Crippen LogP contribution in [0.25, 0.3) is 0 Å². The highest BCUT2D eigenvalue weighted by Crippen LogP contribution is 2.20. The molecule has 23 heavy (non-hydrogen) atoms. The summed E-state index contributed by atoms with van der Waals surface area (Å²) in [7, 11) is 0. The second-order valence-electron chi connectivity index (χ2n) is 4.61. The van der Waals surface area contributed by atoms with E-state index < -0.39 is 0 Å². The van der Waals surface area contributed by atoms with E-state index in [1.807, 2.05) is 47.2 Å². The van der Waals surface area contributed by atoms with Crippen molar-refractivity contribution in [2.24, 2.45) is 0 Å². The zero-order valence-corrected chi connectivity index (χ0v) is 13.8. The van der Waals surface area contributed by atoms with Crippen LogP contribution in [0.2, 0.25) is 0 Å². The first kappa shape index (κ1) is 17.0. The van der Waals surface area contributed by atoms with E-state index in [0.717, 1.165) is 5.56 Å². The highest BCUT2D eigenvalue weighted by Gasteiger charge is 2.06. The molecule has 1 amide bonds. The summed E-state index contributed by atoms with van der Waals surface area (Å²) in [6.45, 7) is 0.452. The van der Waals surface area contributed by atoms with Crippen LogP contribution in [0.5, 0.6) is 11.6 Å². The molecular formula is C17H15ClN2O2S. The molecule has 0 atom stereocenters. The number of rotatable bonds is 5. The van der Waals surface area contributed by atoms with Crippen LogP contribution in [0, 0.1) is 0 Å². The number of amides is 1. The van der Waals surface area contributed by atoms with Gasteiger partial charge < -0.3 is 10.1 Å². The second-order valence-corrected chi connectivity index (χ2v) is 5.39. The minimum Gasteiger partial charge on any atom is -0.439 e. The molecule has 2 heterocycles. The Hall–Kier alpha value is -2.37. The van der Waals surface area contributed by atoms with Crippen molar-refractivity contribution in [3.63, 3.8) is 0 Å². The molecule has 4 nitrogen and oxygen atoms in total. The van der Waals surface area contributed by atoms with Crippen LogP contribution in [0.3, 0.4) is 0 Å². The molecule has 0 aliphatic rings. The molecule has 118 valence electrons. The van der Waals surface area contributed by atoms with Crippen molar-refractivity contribution in [1.29, 1.82) is 0 Å². The van der Waals surface area contributed by atoms with Gasteiger partial charge >= 0.3 is 0 Å². The lowest BCUT2D eigenvalue weighted by molar-refractivity contribution is 0.0951. The predicted octanol–water partition coefficient (Wildman–Crippen LogP) is 4.29. The Kier molecular flexibility index (Phi) is 6.14. The SMILES string of the molecule is Cl.O=C(NCc1cccc(Oc2ccccn2)c1)c1ccsc1. The number of halogens is 1. The maximum absolute atomic E-state index is 11.9. The second kappa shape index (κ2) is 8.31. The highest BCUT2D eigenvalue weighted by atomic mass is 35.5.